The highest BCUT2D eigenvalue weighted by Gasteiger charge is 2.15. The molecule has 0 aromatic carbocycles. The Balaban J connectivity index is 2.19. The Bertz CT molecular complexity index is 659. The zero-order valence-electron chi connectivity index (χ0n) is 13.0. The molecule has 0 atom stereocenters. The molecule has 2 heterocycles. The highest BCUT2D eigenvalue weighted by molar-refractivity contribution is 7.18. The molecule has 0 aliphatic rings. The number of rotatable bonds is 4. The molecule has 0 fully saturated rings. The summed E-state index contributed by atoms with van der Waals surface area (Å²) >= 11 is 1.61. The summed E-state index contributed by atoms with van der Waals surface area (Å²) in [5, 5.41) is 9.90. The van der Waals surface area contributed by atoms with Gasteiger partial charge in [-0.05, 0) is 33.8 Å². The summed E-state index contributed by atoms with van der Waals surface area (Å²) in [6, 6.07) is 2.03. The molecule has 114 valence electrons. The molecule has 2 aromatic rings. The zero-order valence-corrected chi connectivity index (χ0v) is 13.8. The van der Waals surface area contributed by atoms with E-state index in [0.29, 0.717) is 11.8 Å². The topological polar surface area (TPSA) is 78.9 Å². The first-order valence-electron chi connectivity index (χ1n) is 6.79. The van der Waals surface area contributed by atoms with Crippen LogP contribution in [0.5, 0.6) is 0 Å². The van der Waals surface area contributed by atoms with Gasteiger partial charge < -0.3 is 16.0 Å². The first-order chi connectivity index (χ1) is 9.78. The van der Waals surface area contributed by atoms with Gasteiger partial charge in [-0.15, -0.1) is 11.3 Å². The maximum absolute atomic E-state index is 11.9. The van der Waals surface area contributed by atoms with E-state index in [-0.39, 0.29) is 18.0 Å². The third kappa shape index (κ3) is 4.04. The number of carbonyl (C=O) groups is 1. The number of hydrogen-bond acceptors (Lipinski definition) is 6. The van der Waals surface area contributed by atoms with E-state index in [0.717, 1.165) is 15.1 Å². The van der Waals surface area contributed by atoms with E-state index in [9.17, 15) is 4.79 Å². The Labute approximate surface area is 128 Å². The van der Waals surface area contributed by atoms with Crippen LogP contribution >= 0.6 is 11.3 Å². The number of nitrogens with one attached hydrogen (secondary N) is 3. The lowest BCUT2D eigenvalue weighted by Crippen LogP contribution is -2.43. The molecule has 0 aliphatic heterocycles. The molecular weight excluding hydrogens is 286 g/mol. The fraction of sp³-hybridized carbons (Fsp3) is 0.500. The minimum atomic E-state index is -0.241. The van der Waals surface area contributed by atoms with Gasteiger partial charge in [0.1, 0.15) is 10.6 Å². The van der Waals surface area contributed by atoms with E-state index in [1.165, 1.54) is 0 Å². The molecule has 0 spiro atoms. The van der Waals surface area contributed by atoms with Gasteiger partial charge in [-0.25, -0.2) is 4.98 Å². The van der Waals surface area contributed by atoms with Crippen molar-refractivity contribution in [3.05, 3.63) is 10.9 Å². The predicted octanol–water partition coefficient (Wildman–Crippen LogP) is 2.37. The van der Waals surface area contributed by atoms with E-state index in [1.54, 1.807) is 18.4 Å². The van der Waals surface area contributed by atoms with Gasteiger partial charge >= 0.3 is 0 Å². The number of anilines is 2. The van der Waals surface area contributed by atoms with Crippen molar-refractivity contribution in [2.24, 2.45) is 0 Å². The van der Waals surface area contributed by atoms with Crippen LogP contribution in [0.25, 0.3) is 10.2 Å². The maximum Gasteiger partial charge on any atom is 0.239 e. The molecule has 7 heteroatoms. The second-order valence-electron chi connectivity index (χ2n) is 5.87. The van der Waals surface area contributed by atoms with Crippen molar-refractivity contribution >= 4 is 39.2 Å². The Morgan fingerprint density at radius 2 is 2.05 bits per heavy atom. The lowest BCUT2D eigenvalue weighted by atomic mass is 10.1. The van der Waals surface area contributed by atoms with Crippen LogP contribution in [-0.2, 0) is 4.79 Å². The van der Waals surface area contributed by atoms with Gasteiger partial charge in [0.05, 0.1) is 11.9 Å². The molecule has 0 unspecified atom stereocenters. The number of aromatic nitrogens is 2. The highest BCUT2D eigenvalue weighted by atomic mass is 32.1. The average molecular weight is 307 g/mol. The fourth-order valence-corrected chi connectivity index (χ4v) is 2.79. The van der Waals surface area contributed by atoms with Gasteiger partial charge in [0.25, 0.3) is 0 Å². The Hall–Kier alpha value is -1.89. The van der Waals surface area contributed by atoms with Gasteiger partial charge in [-0.3, -0.25) is 4.79 Å². The lowest BCUT2D eigenvalue weighted by molar-refractivity contribution is -0.120. The van der Waals surface area contributed by atoms with Crippen molar-refractivity contribution in [2.75, 3.05) is 24.2 Å². The van der Waals surface area contributed by atoms with E-state index < -0.39 is 0 Å². The monoisotopic (exact) mass is 307 g/mol. The van der Waals surface area contributed by atoms with Crippen molar-refractivity contribution in [3.63, 3.8) is 0 Å². The smallest absolute Gasteiger partial charge is 0.239 e. The average Bonchev–Trinajstić information content (AvgIpc) is 2.73. The molecule has 6 nitrogen and oxygen atoms in total. The van der Waals surface area contributed by atoms with Gasteiger partial charge in [0.15, 0.2) is 0 Å². The number of fused-ring (bicyclic) bond motifs is 1. The second kappa shape index (κ2) is 5.85. The predicted molar refractivity (Wildman–Crippen MR) is 88.1 cm³/mol. The van der Waals surface area contributed by atoms with Gasteiger partial charge in [-0.2, -0.15) is 4.98 Å². The number of aryl methyl sites for hydroxylation is 1. The standard InChI is InChI=1S/C14H21N5OS/c1-8-6-9-11(16-7-10(20)19-14(2,3)4)17-13(15-5)18-12(9)21-8/h6H,7H2,1-5H3,(H,19,20)(H2,15,16,17,18). The van der Waals surface area contributed by atoms with Gasteiger partial charge in [-0.1, -0.05) is 0 Å². The van der Waals surface area contributed by atoms with Crippen molar-refractivity contribution in [1.29, 1.82) is 0 Å². The van der Waals surface area contributed by atoms with Crippen LogP contribution in [0.2, 0.25) is 0 Å². The minimum absolute atomic E-state index is 0.0628. The summed E-state index contributed by atoms with van der Waals surface area (Å²) in [5.74, 6) is 1.16. The molecule has 0 saturated carbocycles. The molecule has 0 saturated heterocycles. The lowest BCUT2D eigenvalue weighted by Gasteiger charge is -2.20. The molecule has 1 amide bonds. The first-order valence-corrected chi connectivity index (χ1v) is 7.61. The minimum Gasteiger partial charge on any atom is -0.360 e. The Morgan fingerprint density at radius 3 is 2.67 bits per heavy atom. The summed E-state index contributed by atoms with van der Waals surface area (Å²) in [4.78, 5) is 22.8. The van der Waals surface area contributed by atoms with E-state index in [4.69, 9.17) is 0 Å². The normalized spacial score (nSPS) is 11.5. The van der Waals surface area contributed by atoms with Crippen molar-refractivity contribution in [1.82, 2.24) is 15.3 Å². The van der Waals surface area contributed by atoms with Crippen molar-refractivity contribution < 1.29 is 4.79 Å². The number of carbonyl (C=O) groups excluding carboxylic acids is 1. The number of amides is 1. The van der Waals surface area contributed by atoms with E-state index in [1.807, 2.05) is 33.8 Å². The highest BCUT2D eigenvalue weighted by Crippen LogP contribution is 2.29. The summed E-state index contributed by atoms with van der Waals surface area (Å²) in [7, 11) is 1.78. The zero-order chi connectivity index (χ0) is 15.6. The van der Waals surface area contributed by atoms with Crippen LogP contribution in [0.15, 0.2) is 6.07 Å². The number of nitrogens with zero attached hydrogens (tertiary/aromatic N) is 2. The summed E-state index contributed by atoms with van der Waals surface area (Å²) in [6.45, 7) is 8.07. The summed E-state index contributed by atoms with van der Waals surface area (Å²) in [5.41, 5.74) is -0.241. The van der Waals surface area contributed by atoms with Gasteiger partial charge in [0.2, 0.25) is 11.9 Å². The molecule has 2 aromatic heterocycles. The van der Waals surface area contributed by atoms with Crippen LogP contribution < -0.4 is 16.0 Å². The number of thiophene rings is 1. The van der Waals surface area contributed by atoms with Gasteiger partial charge in [0, 0.05) is 17.5 Å². The van der Waals surface area contributed by atoms with Crippen LogP contribution in [-0.4, -0.2) is 35.0 Å². The Morgan fingerprint density at radius 1 is 1.33 bits per heavy atom. The van der Waals surface area contributed by atoms with Crippen LogP contribution in [0, 0.1) is 6.92 Å². The maximum atomic E-state index is 11.9. The van der Waals surface area contributed by atoms with E-state index >= 15 is 0 Å². The summed E-state index contributed by atoms with van der Waals surface area (Å²) in [6.07, 6.45) is 0. The molecule has 3 N–H and O–H groups in total. The molecule has 21 heavy (non-hydrogen) atoms. The first kappa shape index (κ1) is 15.5. The Kier molecular flexibility index (Phi) is 4.32. The number of hydrogen-bond donors (Lipinski definition) is 3. The van der Waals surface area contributed by atoms with Crippen molar-refractivity contribution in [3.8, 4) is 0 Å². The molecule has 0 radical (unpaired) electrons. The van der Waals surface area contributed by atoms with Crippen LogP contribution in [0.1, 0.15) is 25.6 Å². The van der Waals surface area contributed by atoms with Crippen LogP contribution in [0.3, 0.4) is 0 Å². The SMILES string of the molecule is CNc1nc(NCC(=O)NC(C)(C)C)c2cc(C)sc2n1. The molecule has 2 rings (SSSR count). The van der Waals surface area contributed by atoms with Crippen LogP contribution in [0.4, 0.5) is 11.8 Å². The summed E-state index contributed by atoms with van der Waals surface area (Å²) < 4.78 is 0. The second-order valence-corrected chi connectivity index (χ2v) is 7.11. The largest absolute Gasteiger partial charge is 0.360 e. The third-order valence-corrected chi connectivity index (χ3v) is 3.61. The quantitative estimate of drug-likeness (QED) is 0.808. The third-order valence-electron chi connectivity index (χ3n) is 2.67. The molecular formula is C14H21N5OS. The van der Waals surface area contributed by atoms with Crippen molar-refractivity contribution in [2.45, 2.75) is 33.2 Å². The molecule has 0 aliphatic carbocycles. The van der Waals surface area contributed by atoms with E-state index in [2.05, 4.69) is 25.9 Å². The molecule has 0 bridgehead atoms. The fourth-order valence-electron chi connectivity index (χ4n) is 1.91.